The second kappa shape index (κ2) is 6.73. The van der Waals surface area contributed by atoms with Crippen molar-refractivity contribution in [1.82, 2.24) is 0 Å². The van der Waals surface area contributed by atoms with E-state index < -0.39 is 0 Å². The van der Waals surface area contributed by atoms with Crippen molar-refractivity contribution < 1.29 is 9.90 Å². The lowest BCUT2D eigenvalue weighted by Crippen LogP contribution is -2.65. The van der Waals surface area contributed by atoms with Crippen molar-refractivity contribution in [3.05, 3.63) is 11.6 Å². The summed E-state index contributed by atoms with van der Waals surface area (Å²) in [5.74, 6) is 2.14. The van der Waals surface area contributed by atoms with Crippen LogP contribution in [0.1, 0.15) is 113 Å². The van der Waals surface area contributed by atoms with Crippen molar-refractivity contribution in [3.8, 4) is 0 Å². The van der Waals surface area contributed by atoms with Gasteiger partial charge in [0, 0.05) is 17.3 Å². The van der Waals surface area contributed by atoms with Crippen LogP contribution in [0.2, 0.25) is 0 Å². The highest BCUT2D eigenvalue weighted by Gasteiger charge is 2.69. The summed E-state index contributed by atoms with van der Waals surface area (Å²) in [4.78, 5) is 12.9. The molecule has 4 saturated carbocycles. The molecule has 0 heterocycles. The number of fused-ring (bicyclic) bond motifs is 7. The Morgan fingerprint density at radius 3 is 2.28 bits per heavy atom. The zero-order valence-corrected chi connectivity index (χ0v) is 21.9. The fourth-order valence-corrected chi connectivity index (χ4v) is 10.5. The lowest BCUT2D eigenvalue weighted by molar-refractivity contribution is -0.194. The Hall–Kier alpha value is -0.630. The molecule has 0 aromatic heterocycles. The maximum atomic E-state index is 12.9. The Bertz CT molecular complexity index is 851. The SMILES string of the molecule is CC1(C)CC[C@]2(C)CC[C@]3(CO)C(=CC[C@@H]4[C@@]5(C)CCC(=O)C(C)(C)[C@H]5CC[C@]43C)[C@H]2C1. The molecule has 180 valence electrons. The number of allylic oxidation sites excluding steroid dienone is 1. The zero-order chi connectivity index (χ0) is 23.4. The number of Topliss-reactive ketones (excluding diaryl/α,β-unsaturated/α-hetero) is 1. The number of carbonyl (C=O) groups excluding carboxylic acids is 1. The van der Waals surface area contributed by atoms with E-state index in [9.17, 15) is 9.90 Å². The van der Waals surface area contributed by atoms with Crippen LogP contribution in [0, 0.1) is 50.2 Å². The molecule has 5 rings (SSSR count). The highest BCUT2D eigenvalue weighted by atomic mass is 16.3. The third-order valence-electron chi connectivity index (χ3n) is 12.8. The first-order valence-corrected chi connectivity index (χ1v) is 13.6. The molecule has 5 aliphatic rings. The van der Waals surface area contributed by atoms with Gasteiger partial charge in [-0.05, 0) is 97.2 Å². The predicted octanol–water partition coefficient (Wildman–Crippen LogP) is 7.35. The van der Waals surface area contributed by atoms with E-state index in [2.05, 4.69) is 54.5 Å². The quantitative estimate of drug-likeness (QED) is 0.433. The molecule has 0 saturated heterocycles. The van der Waals surface area contributed by atoms with E-state index in [0.29, 0.717) is 41.0 Å². The van der Waals surface area contributed by atoms with E-state index in [1.165, 1.54) is 32.1 Å². The average molecular weight is 441 g/mol. The van der Waals surface area contributed by atoms with Crippen molar-refractivity contribution in [3.63, 3.8) is 0 Å². The minimum atomic E-state index is -0.205. The van der Waals surface area contributed by atoms with Gasteiger partial charge in [0.2, 0.25) is 0 Å². The average Bonchev–Trinajstić information content (AvgIpc) is 2.71. The molecule has 4 fully saturated rings. The summed E-state index contributed by atoms with van der Waals surface area (Å²) in [5, 5.41) is 11.2. The Labute approximate surface area is 197 Å². The fourth-order valence-electron chi connectivity index (χ4n) is 10.5. The van der Waals surface area contributed by atoms with Gasteiger partial charge in [0.25, 0.3) is 0 Å². The number of hydrogen-bond donors (Lipinski definition) is 1. The van der Waals surface area contributed by atoms with Crippen molar-refractivity contribution >= 4 is 5.78 Å². The molecule has 0 amide bonds. The van der Waals surface area contributed by atoms with Crippen LogP contribution in [0.25, 0.3) is 0 Å². The number of carbonyl (C=O) groups is 1. The third-order valence-corrected chi connectivity index (χ3v) is 12.8. The minimum absolute atomic E-state index is 0.0624. The third kappa shape index (κ3) is 2.71. The second-order valence-corrected chi connectivity index (χ2v) is 14.9. The Morgan fingerprint density at radius 2 is 1.59 bits per heavy atom. The van der Waals surface area contributed by atoms with E-state index in [4.69, 9.17) is 0 Å². The van der Waals surface area contributed by atoms with Crippen LogP contribution in [0.3, 0.4) is 0 Å². The van der Waals surface area contributed by atoms with Gasteiger partial charge in [0.1, 0.15) is 5.78 Å². The van der Waals surface area contributed by atoms with Crippen molar-refractivity contribution in [2.24, 2.45) is 50.2 Å². The summed E-state index contributed by atoms with van der Waals surface area (Å²) in [6, 6.07) is 0. The molecule has 0 spiro atoms. The van der Waals surface area contributed by atoms with Crippen LogP contribution < -0.4 is 0 Å². The summed E-state index contributed by atoms with van der Waals surface area (Å²) < 4.78 is 0. The lowest BCUT2D eigenvalue weighted by atomic mass is 9.33. The van der Waals surface area contributed by atoms with Gasteiger partial charge in [-0.15, -0.1) is 0 Å². The highest BCUT2D eigenvalue weighted by molar-refractivity contribution is 5.85. The molecule has 2 nitrogen and oxygen atoms in total. The molecule has 0 aromatic rings. The van der Waals surface area contributed by atoms with Crippen LogP contribution >= 0.6 is 0 Å². The molecule has 32 heavy (non-hydrogen) atoms. The van der Waals surface area contributed by atoms with Gasteiger partial charge in [-0.1, -0.05) is 60.1 Å². The topological polar surface area (TPSA) is 37.3 Å². The largest absolute Gasteiger partial charge is 0.395 e. The fraction of sp³-hybridized carbons (Fsp3) is 0.900. The van der Waals surface area contributed by atoms with Gasteiger partial charge in [0.15, 0.2) is 0 Å². The smallest absolute Gasteiger partial charge is 0.138 e. The molecule has 7 atom stereocenters. The molecule has 5 aliphatic carbocycles. The summed E-state index contributed by atoms with van der Waals surface area (Å²) in [5.41, 5.74) is 2.52. The Balaban J connectivity index is 1.61. The Morgan fingerprint density at radius 1 is 0.906 bits per heavy atom. The highest BCUT2D eigenvalue weighted by Crippen LogP contribution is 2.75. The van der Waals surface area contributed by atoms with Crippen LogP contribution in [-0.4, -0.2) is 17.5 Å². The maximum Gasteiger partial charge on any atom is 0.138 e. The number of aliphatic hydroxyl groups is 1. The summed E-state index contributed by atoms with van der Waals surface area (Å²) in [6.07, 6.45) is 14.2. The van der Waals surface area contributed by atoms with Crippen LogP contribution in [0.4, 0.5) is 0 Å². The minimum Gasteiger partial charge on any atom is -0.395 e. The number of rotatable bonds is 1. The monoisotopic (exact) mass is 440 g/mol. The lowest BCUT2D eigenvalue weighted by Gasteiger charge is -2.71. The van der Waals surface area contributed by atoms with Crippen LogP contribution in [0.5, 0.6) is 0 Å². The van der Waals surface area contributed by atoms with Crippen molar-refractivity contribution in [2.45, 2.75) is 113 Å². The molecule has 1 N–H and O–H groups in total. The van der Waals surface area contributed by atoms with E-state index in [1.807, 2.05) is 0 Å². The number of aliphatic hydroxyl groups excluding tert-OH is 1. The van der Waals surface area contributed by atoms with E-state index in [0.717, 1.165) is 32.1 Å². The molecular formula is C30H48O2. The predicted molar refractivity (Wildman–Crippen MR) is 131 cm³/mol. The molecule has 0 bridgehead atoms. The Kier molecular flexibility index (Phi) is 4.87. The molecule has 2 heteroatoms. The first-order chi connectivity index (χ1) is 14.8. The molecule has 0 radical (unpaired) electrons. The van der Waals surface area contributed by atoms with Gasteiger partial charge in [0.05, 0.1) is 6.61 Å². The van der Waals surface area contributed by atoms with Gasteiger partial charge in [-0.3, -0.25) is 4.79 Å². The van der Waals surface area contributed by atoms with Gasteiger partial charge < -0.3 is 5.11 Å². The molecular weight excluding hydrogens is 392 g/mol. The number of hydrogen-bond acceptors (Lipinski definition) is 2. The molecule has 0 aliphatic heterocycles. The van der Waals surface area contributed by atoms with Gasteiger partial charge in [-0.2, -0.15) is 0 Å². The van der Waals surface area contributed by atoms with Gasteiger partial charge >= 0.3 is 0 Å². The second-order valence-electron chi connectivity index (χ2n) is 14.9. The normalized spacial score (nSPS) is 51.6. The molecule has 0 aromatic carbocycles. The van der Waals surface area contributed by atoms with E-state index in [-0.39, 0.29) is 21.7 Å². The maximum absolute atomic E-state index is 12.9. The first-order valence-electron chi connectivity index (χ1n) is 13.6. The zero-order valence-electron chi connectivity index (χ0n) is 21.9. The summed E-state index contributed by atoms with van der Waals surface area (Å²) in [7, 11) is 0. The van der Waals surface area contributed by atoms with Crippen LogP contribution in [-0.2, 0) is 4.79 Å². The van der Waals surface area contributed by atoms with E-state index in [1.54, 1.807) is 5.57 Å². The summed E-state index contributed by atoms with van der Waals surface area (Å²) in [6.45, 7) is 17.3. The first kappa shape index (κ1) is 23.1. The van der Waals surface area contributed by atoms with Crippen molar-refractivity contribution in [1.29, 1.82) is 0 Å². The standard InChI is InChI=1S/C30H48O2/c1-25(2)14-15-27(5)16-17-30(19-31)20(21(27)18-25)8-9-23-28(6)12-11-24(32)26(3,4)22(28)10-13-29(23,30)7/h8,21-23,31H,9-19H2,1-7H3/t21-,22-,23-,27-,28+,29-,30+/m1/s1. The molecule has 0 unspecified atom stereocenters. The van der Waals surface area contributed by atoms with Gasteiger partial charge in [-0.25, -0.2) is 0 Å². The van der Waals surface area contributed by atoms with Crippen LogP contribution in [0.15, 0.2) is 11.6 Å². The van der Waals surface area contributed by atoms with E-state index >= 15 is 0 Å². The summed E-state index contributed by atoms with van der Waals surface area (Å²) >= 11 is 0. The number of ketones is 1. The van der Waals surface area contributed by atoms with Crippen molar-refractivity contribution in [2.75, 3.05) is 6.61 Å².